The lowest BCUT2D eigenvalue weighted by atomic mass is 10.1. The number of aliphatic hydroxyl groups excluding tert-OH is 1. The Morgan fingerprint density at radius 1 is 1.50 bits per heavy atom. The van der Waals surface area contributed by atoms with Gasteiger partial charge in [-0.3, -0.25) is 0 Å². The van der Waals surface area contributed by atoms with Crippen molar-refractivity contribution in [1.29, 1.82) is 0 Å². The fourth-order valence-electron chi connectivity index (χ4n) is 2.34. The van der Waals surface area contributed by atoms with Gasteiger partial charge in [0.25, 0.3) is 0 Å². The Labute approximate surface area is 114 Å². The first-order valence-corrected chi connectivity index (χ1v) is 7.00. The van der Waals surface area contributed by atoms with Crippen molar-refractivity contribution in [2.45, 2.75) is 32.4 Å². The van der Waals surface area contributed by atoms with Gasteiger partial charge in [-0.25, -0.2) is 0 Å². The molecule has 0 aromatic heterocycles. The van der Waals surface area contributed by atoms with Crippen molar-refractivity contribution in [3.8, 4) is 0 Å². The second-order valence-corrected chi connectivity index (χ2v) is 5.27. The van der Waals surface area contributed by atoms with E-state index < -0.39 is 0 Å². The van der Waals surface area contributed by atoms with Crippen LogP contribution in [0.1, 0.15) is 25.3 Å². The van der Waals surface area contributed by atoms with Gasteiger partial charge in [-0.2, -0.15) is 0 Å². The first-order chi connectivity index (χ1) is 8.70. The molecule has 1 atom stereocenters. The molecular formula is C14H21ClN2O. The van der Waals surface area contributed by atoms with Crippen LogP contribution < -0.4 is 10.2 Å². The number of aliphatic hydroxyl groups is 1. The molecular weight excluding hydrogens is 248 g/mol. The monoisotopic (exact) mass is 268 g/mol. The zero-order valence-electron chi connectivity index (χ0n) is 10.8. The van der Waals surface area contributed by atoms with Crippen LogP contribution in [-0.4, -0.2) is 30.8 Å². The van der Waals surface area contributed by atoms with Gasteiger partial charge >= 0.3 is 0 Å². The van der Waals surface area contributed by atoms with Crippen LogP contribution in [0, 0.1) is 0 Å². The number of hydrogen-bond acceptors (Lipinski definition) is 3. The Morgan fingerprint density at radius 3 is 3.00 bits per heavy atom. The van der Waals surface area contributed by atoms with Crippen molar-refractivity contribution >= 4 is 17.3 Å². The first-order valence-electron chi connectivity index (χ1n) is 6.63. The predicted octanol–water partition coefficient (Wildman–Crippen LogP) is 2.41. The lowest BCUT2D eigenvalue weighted by Gasteiger charge is -2.22. The highest BCUT2D eigenvalue weighted by atomic mass is 35.5. The summed E-state index contributed by atoms with van der Waals surface area (Å²) in [4.78, 5) is 2.22. The highest BCUT2D eigenvalue weighted by Gasteiger charge is 2.22. The minimum atomic E-state index is -0.208. The molecule has 1 heterocycles. The van der Waals surface area contributed by atoms with Crippen LogP contribution in [0.4, 0.5) is 5.69 Å². The van der Waals surface area contributed by atoms with Gasteiger partial charge in [0.1, 0.15) is 0 Å². The largest absolute Gasteiger partial charge is 0.391 e. The van der Waals surface area contributed by atoms with E-state index in [0.29, 0.717) is 6.54 Å². The number of nitrogens with one attached hydrogen (secondary N) is 1. The van der Waals surface area contributed by atoms with Gasteiger partial charge in [-0.15, -0.1) is 0 Å². The van der Waals surface area contributed by atoms with Crippen molar-refractivity contribution in [3.05, 3.63) is 28.8 Å². The zero-order chi connectivity index (χ0) is 13.0. The number of halogens is 1. The Hall–Kier alpha value is -0.770. The first kappa shape index (κ1) is 13.7. The lowest BCUT2D eigenvalue weighted by Crippen LogP contribution is -2.24. The summed E-state index contributed by atoms with van der Waals surface area (Å²) in [5, 5.41) is 13.8. The van der Waals surface area contributed by atoms with Gasteiger partial charge in [-0.1, -0.05) is 24.6 Å². The van der Waals surface area contributed by atoms with Crippen molar-refractivity contribution in [2.75, 3.05) is 24.5 Å². The molecule has 1 aliphatic rings. The maximum atomic E-state index is 9.64. The van der Waals surface area contributed by atoms with E-state index in [9.17, 15) is 5.11 Å². The van der Waals surface area contributed by atoms with Gasteiger partial charge in [0, 0.05) is 30.3 Å². The third-order valence-corrected chi connectivity index (χ3v) is 3.53. The summed E-state index contributed by atoms with van der Waals surface area (Å²) in [6.07, 6.45) is 1.76. The second-order valence-electron chi connectivity index (χ2n) is 4.84. The molecule has 0 amide bonds. The average Bonchev–Trinajstić information content (AvgIpc) is 2.78. The lowest BCUT2D eigenvalue weighted by molar-refractivity contribution is 0.198. The topological polar surface area (TPSA) is 35.5 Å². The molecule has 3 nitrogen and oxygen atoms in total. The standard InChI is InChI=1S/C14H21ClN2O/c1-2-6-16-9-11-3-4-12(15)8-14(11)17-7-5-13(18)10-17/h3-4,8,13,16,18H,2,5-7,9-10H2,1H3. The molecule has 1 aliphatic heterocycles. The molecule has 0 spiro atoms. The molecule has 0 bridgehead atoms. The van der Waals surface area contributed by atoms with E-state index in [0.717, 1.165) is 43.2 Å². The molecule has 1 aromatic rings. The minimum absolute atomic E-state index is 0.208. The van der Waals surface area contributed by atoms with Crippen LogP contribution in [0.25, 0.3) is 0 Å². The molecule has 1 saturated heterocycles. The number of β-amino-alcohol motifs (C(OH)–C–C–N with tert-alkyl or cyclic N) is 1. The van der Waals surface area contributed by atoms with Crippen LogP contribution in [0.5, 0.6) is 0 Å². The number of rotatable bonds is 5. The molecule has 0 radical (unpaired) electrons. The molecule has 100 valence electrons. The minimum Gasteiger partial charge on any atom is -0.391 e. The fraction of sp³-hybridized carbons (Fsp3) is 0.571. The van der Waals surface area contributed by atoms with E-state index in [1.807, 2.05) is 12.1 Å². The third kappa shape index (κ3) is 3.37. The van der Waals surface area contributed by atoms with Crippen LogP contribution in [-0.2, 0) is 6.54 Å². The van der Waals surface area contributed by atoms with Crippen molar-refractivity contribution < 1.29 is 5.11 Å². The molecule has 2 rings (SSSR count). The number of anilines is 1. The smallest absolute Gasteiger partial charge is 0.0731 e. The summed E-state index contributed by atoms with van der Waals surface area (Å²) in [6, 6.07) is 6.01. The summed E-state index contributed by atoms with van der Waals surface area (Å²) in [6.45, 7) is 5.65. The Morgan fingerprint density at radius 2 is 2.33 bits per heavy atom. The van der Waals surface area contributed by atoms with E-state index in [4.69, 9.17) is 11.6 Å². The Balaban J connectivity index is 2.13. The van der Waals surface area contributed by atoms with E-state index in [1.54, 1.807) is 0 Å². The van der Waals surface area contributed by atoms with Gasteiger partial charge in [0.05, 0.1) is 6.10 Å². The SMILES string of the molecule is CCCNCc1ccc(Cl)cc1N1CCC(O)C1. The van der Waals surface area contributed by atoms with Crippen molar-refractivity contribution in [3.63, 3.8) is 0 Å². The maximum absolute atomic E-state index is 9.64. The highest BCUT2D eigenvalue weighted by molar-refractivity contribution is 6.30. The Bertz CT molecular complexity index is 397. The number of benzene rings is 1. The van der Waals surface area contributed by atoms with Gasteiger partial charge in [-0.05, 0) is 37.1 Å². The average molecular weight is 269 g/mol. The Kier molecular flexibility index (Phi) is 4.87. The summed E-state index contributed by atoms with van der Waals surface area (Å²) >= 11 is 6.08. The van der Waals surface area contributed by atoms with Crippen molar-refractivity contribution in [2.24, 2.45) is 0 Å². The summed E-state index contributed by atoms with van der Waals surface area (Å²) in [7, 11) is 0. The molecule has 0 aliphatic carbocycles. The highest BCUT2D eigenvalue weighted by Crippen LogP contribution is 2.28. The zero-order valence-corrected chi connectivity index (χ0v) is 11.6. The van der Waals surface area contributed by atoms with Crippen LogP contribution in [0.15, 0.2) is 18.2 Å². The summed E-state index contributed by atoms with van der Waals surface area (Å²) < 4.78 is 0. The molecule has 1 aromatic carbocycles. The van der Waals surface area contributed by atoms with Crippen molar-refractivity contribution in [1.82, 2.24) is 5.32 Å². The van der Waals surface area contributed by atoms with E-state index >= 15 is 0 Å². The summed E-state index contributed by atoms with van der Waals surface area (Å²) in [5.41, 5.74) is 2.41. The molecule has 1 unspecified atom stereocenters. The van der Waals surface area contributed by atoms with Crippen LogP contribution in [0.3, 0.4) is 0 Å². The number of nitrogens with zero attached hydrogens (tertiary/aromatic N) is 1. The summed E-state index contributed by atoms with van der Waals surface area (Å²) in [5.74, 6) is 0. The van der Waals surface area contributed by atoms with E-state index in [2.05, 4.69) is 23.2 Å². The van der Waals surface area contributed by atoms with Gasteiger partial charge < -0.3 is 15.3 Å². The van der Waals surface area contributed by atoms with Crippen LogP contribution >= 0.6 is 11.6 Å². The van der Waals surface area contributed by atoms with E-state index in [-0.39, 0.29) is 6.10 Å². The predicted molar refractivity (Wildman–Crippen MR) is 76.3 cm³/mol. The van der Waals surface area contributed by atoms with Gasteiger partial charge in [0.15, 0.2) is 0 Å². The molecule has 0 saturated carbocycles. The molecule has 1 fully saturated rings. The molecule has 4 heteroatoms. The molecule has 2 N–H and O–H groups in total. The molecule has 18 heavy (non-hydrogen) atoms. The normalized spacial score (nSPS) is 19.5. The quantitative estimate of drug-likeness (QED) is 0.805. The third-order valence-electron chi connectivity index (χ3n) is 3.29. The van der Waals surface area contributed by atoms with E-state index in [1.165, 1.54) is 5.56 Å². The van der Waals surface area contributed by atoms with Crippen LogP contribution in [0.2, 0.25) is 5.02 Å². The second kappa shape index (κ2) is 6.41. The van der Waals surface area contributed by atoms with Gasteiger partial charge in [0.2, 0.25) is 0 Å². The maximum Gasteiger partial charge on any atom is 0.0731 e. The number of hydrogen-bond donors (Lipinski definition) is 2. The fourth-order valence-corrected chi connectivity index (χ4v) is 2.51.